The summed E-state index contributed by atoms with van der Waals surface area (Å²) in [6.45, 7) is 6.58. The van der Waals surface area contributed by atoms with Crippen molar-refractivity contribution >= 4 is 5.84 Å². The molecule has 6 heteroatoms. The van der Waals surface area contributed by atoms with Gasteiger partial charge in [-0.05, 0) is 25.3 Å². The van der Waals surface area contributed by atoms with Gasteiger partial charge in [0.25, 0.3) is 0 Å². The number of nitrogens with zero attached hydrogens (tertiary/aromatic N) is 3. The number of ether oxygens (including phenoxy) is 1. The minimum absolute atomic E-state index is 0.0517. The molecular weight excluding hydrogens is 220 g/mol. The SMILES string of the molecule is Cc1cc(/C(N)=N/O)nc(OCCC(C)C)n1. The largest absolute Gasteiger partial charge is 0.463 e. The number of aromatic nitrogens is 2. The molecule has 3 N–H and O–H groups in total. The van der Waals surface area contributed by atoms with Crippen molar-refractivity contribution < 1.29 is 9.94 Å². The lowest BCUT2D eigenvalue weighted by Crippen LogP contribution is -2.16. The first-order chi connectivity index (χ1) is 8.02. The van der Waals surface area contributed by atoms with Crippen LogP contribution in [-0.2, 0) is 0 Å². The monoisotopic (exact) mass is 238 g/mol. The fourth-order valence-electron chi connectivity index (χ4n) is 1.17. The molecule has 6 nitrogen and oxygen atoms in total. The highest BCUT2D eigenvalue weighted by Crippen LogP contribution is 2.08. The van der Waals surface area contributed by atoms with Gasteiger partial charge in [0, 0.05) is 5.69 Å². The Morgan fingerprint density at radius 1 is 1.53 bits per heavy atom. The number of nitrogens with two attached hydrogens (primary N) is 1. The highest BCUT2D eigenvalue weighted by atomic mass is 16.5. The van der Waals surface area contributed by atoms with Crippen molar-refractivity contribution in [1.82, 2.24) is 9.97 Å². The van der Waals surface area contributed by atoms with E-state index in [1.807, 2.05) is 0 Å². The van der Waals surface area contributed by atoms with Crippen LogP contribution in [0.4, 0.5) is 0 Å². The lowest BCUT2D eigenvalue weighted by Gasteiger charge is -2.08. The normalized spacial score (nSPS) is 11.9. The number of oxime groups is 1. The Balaban J connectivity index is 2.76. The van der Waals surface area contributed by atoms with Gasteiger partial charge in [-0.3, -0.25) is 0 Å². The van der Waals surface area contributed by atoms with E-state index in [0.29, 0.717) is 23.9 Å². The fraction of sp³-hybridized carbons (Fsp3) is 0.545. The molecule has 0 amide bonds. The van der Waals surface area contributed by atoms with Gasteiger partial charge in [0.1, 0.15) is 5.69 Å². The number of hydrogen-bond acceptors (Lipinski definition) is 5. The summed E-state index contributed by atoms with van der Waals surface area (Å²) in [5.74, 6) is 0.507. The molecule has 0 saturated carbocycles. The maximum atomic E-state index is 8.58. The van der Waals surface area contributed by atoms with Crippen molar-refractivity contribution in [2.24, 2.45) is 16.8 Å². The van der Waals surface area contributed by atoms with E-state index < -0.39 is 0 Å². The number of aryl methyl sites for hydroxylation is 1. The lowest BCUT2D eigenvalue weighted by molar-refractivity contribution is 0.267. The van der Waals surface area contributed by atoms with Crippen LogP contribution in [0.25, 0.3) is 0 Å². The molecule has 0 saturated heterocycles. The summed E-state index contributed by atoms with van der Waals surface area (Å²) in [4.78, 5) is 8.17. The van der Waals surface area contributed by atoms with Gasteiger partial charge in [-0.15, -0.1) is 0 Å². The van der Waals surface area contributed by atoms with Crippen LogP contribution in [0.3, 0.4) is 0 Å². The molecule has 1 aromatic heterocycles. The summed E-state index contributed by atoms with van der Waals surface area (Å²) in [5.41, 5.74) is 6.53. The molecule has 0 spiro atoms. The summed E-state index contributed by atoms with van der Waals surface area (Å²) in [6.07, 6.45) is 0.927. The fourth-order valence-corrected chi connectivity index (χ4v) is 1.17. The minimum atomic E-state index is -0.0517. The van der Waals surface area contributed by atoms with E-state index in [4.69, 9.17) is 15.7 Å². The first-order valence-corrected chi connectivity index (χ1v) is 5.49. The van der Waals surface area contributed by atoms with Crippen LogP contribution < -0.4 is 10.5 Å². The standard InChI is InChI=1S/C11H18N4O2/c1-7(2)4-5-17-11-13-8(3)6-9(14-11)10(12)15-16/h6-7,16H,4-5H2,1-3H3,(H2,12,15). The van der Waals surface area contributed by atoms with E-state index in [2.05, 4.69) is 29.0 Å². The van der Waals surface area contributed by atoms with Crippen molar-refractivity contribution in [3.63, 3.8) is 0 Å². The lowest BCUT2D eigenvalue weighted by atomic mass is 10.1. The topological polar surface area (TPSA) is 93.6 Å². The van der Waals surface area contributed by atoms with Gasteiger partial charge in [-0.2, -0.15) is 4.98 Å². The van der Waals surface area contributed by atoms with Gasteiger partial charge in [0.05, 0.1) is 6.61 Å². The Kier molecular flexibility index (Phi) is 4.68. The van der Waals surface area contributed by atoms with Gasteiger partial charge < -0.3 is 15.7 Å². The van der Waals surface area contributed by atoms with Gasteiger partial charge >= 0.3 is 6.01 Å². The molecule has 0 fully saturated rings. The molecule has 0 aliphatic carbocycles. The molecule has 1 heterocycles. The Hall–Kier alpha value is -1.85. The van der Waals surface area contributed by atoms with Gasteiger partial charge in [-0.1, -0.05) is 19.0 Å². The van der Waals surface area contributed by atoms with E-state index in [-0.39, 0.29) is 11.8 Å². The Bertz CT molecular complexity index is 404. The Morgan fingerprint density at radius 3 is 2.82 bits per heavy atom. The van der Waals surface area contributed by atoms with Crippen LogP contribution in [0.5, 0.6) is 6.01 Å². The third kappa shape index (κ3) is 4.26. The molecule has 0 bridgehead atoms. The van der Waals surface area contributed by atoms with Crippen LogP contribution in [0.15, 0.2) is 11.2 Å². The molecule has 17 heavy (non-hydrogen) atoms. The molecule has 0 radical (unpaired) electrons. The van der Waals surface area contributed by atoms with E-state index >= 15 is 0 Å². The minimum Gasteiger partial charge on any atom is -0.463 e. The molecule has 0 aliphatic rings. The van der Waals surface area contributed by atoms with Crippen molar-refractivity contribution in [1.29, 1.82) is 0 Å². The van der Waals surface area contributed by atoms with Crippen LogP contribution in [-0.4, -0.2) is 27.6 Å². The molecule has 0 aromatic carbocycles. The maximum Gasteiger partial charge on any atom is 0.317 e. The Labute approximate surface area is 101 Å². The van der Waals surface area contributed by atoms with Crippen LogP contribution in [0.2, 0.25) is 0 Å². The zero-order valence-corrected chi connectivity index (χ0v) is 10.3. The first kappa shape index (κ1) is 13.2. The van der Waals surface area contributed by atoms with E-state index in [0.717, 1.165) is 6.42 Å². The molecule has 1 aromatic rings. The highest BCUT2D eigenvalue weighted by molar-refractivity contribution is 5.95. The van der Waals surface area contributed by atoms with E-state index in [1.54, 1.807) is 13.0 Å². The van der Waals surface area contributed by atoms with Crippen molar-refractivity contribution in [3.05, 3.63) is 17.5 Å². The summed E-state index contributed by atoms with van der Waals surface area (Å²) in [5, 5.41) is 11.5. The third-order valence-corrected chi connectivity index (χ3v) is 2.13. The second-order valence-electron chi connectivity index (χ2n) is 4.19. The second kappa shape index (κ2) is 6.03. The highest BCUT2D eigenvalue weighted by Gasteiger charge is 2.07. The zero-order chi connectivity index (χ0) is 12.8. The number of rotatable bonds is 5. The second-order valence-corrected chi connectivity index (χ2v) is 4.19. The molecule has 94 valence electrons. The summed E-state index contributed by atoms with van der Waals surface area (Å²) < 4.78 is 5.42. The van der Waals surface area contributed by atoms with Crippen molar-refractivity contribution in [2.45, 2.75) is 27.2 Å². The van der Waals surface area contributed by atoms with Crippen molar-refractivity contribution in [3.8, 4) is 6.01 Å². The number of hydrogen-bond donors (Lipinski definition) is 2. The summed E-state index contributed by atoms with van der Waals surface area (Å²) in [7, 11) is 0. The maximum absolute atomic E-state index is 8.58. The molecule has 1 rings (SSSR count). The average Bonchev–Trinajstić information content (AvgIpc) is 2.26. The zero-order valence-electron chi connectivity index (χ0n) is 10.3. The number of amidine groups is 1. The van der Waals surface area contributed by atoms with Crippen LogP contribution >= 0.6 is 0 Å². The van der Waals surface area contributed by atoms with Crippen LogP contribution in [0, 0.1) is 12.8 Å². The predicted molar refractivity (Wildman–Crippen MR) is 64.2 cm³/mol. The van der Waals surface area contributed by atoms with Crippen LogP contribution in [0.1, 0.15) is 31.7 Å². The van der Waals surface area contributed by atoms with Gasteiger partial charge in [0.15, 0.2) is 5.84 Å². The van der Waals surface area contributed by atoms with E-state index in [1.165, 1.54) is 0 Å². The predicted octanol–water partition coefficient (Wildman–Crippen LogP) is 1.30. The average molecular weight is 238 g/mol. The van der Waals surface area contributed by atoms with E-state index in [9.17, 15) is 0 Å². The summed E-state index contributed by atoms with van der Waals surface area (Å²) in [6, 6.07) is 1.89. The molecule has 0 unspecified atom stereocenters. The molecule has 0 aliphatic heterocycles. The van der Waals surface area contributed by atoms with Gasteiger partial charge in [-0.25, -0.2) is 4.98 Å². The smallest absolute Gasteiger partial charge is 0.317 e. The summed E-state index contributed by atoms with van der Waals surface area (Å²) >= 11 is 0. The van der Waals surface area contributed by atoms with Crippen molar-refractivity contribution in [2.75, 3.05) is 6.61 Å². The first-order valence-electron chi connectivity index (χ1n) is 5.49. The third-order valence-electron chi connectivity index (χ3n) is 2.13. The van der Waals surface area contributed by atoms with Gasteiger partial charge in [0.2, 0.25) is 0 Å². The Morgan fingerprint density at radius 2 is 2.24 bits per heavy atom. The molecular formula is C11H18N4O2. The molecule has 0 atom stereocenters. The quantitative estimate of drug-likeness (QED) is 0.349.